The first kappa shape index (κ1) is 25.9. The lowest BCUT2D eigenvalue weighted by Crippen LogP contribution is -2.42. The number of thioether (sulfide) groups is 1. The molecule has 1 aliphatic rings. The van der Waals surface area contributed by atoms with E-state index in [4.69, 9.17) is 4.84 Å². The van der Waals surface area contributed by atoms with E-state index in [1.807, 2.05) is 6.26 Å². The van der Waals surface area contributed by atoms with Gasteiger partial charge in [-0.3, -0.25) is 4.79 Å². The van der Waals surface area contributed by atoms with Crippen molar-refractivity contribution >= 4 is 34.2 Å². The fraction of sp³-hybridized carbons (Fsp3) is 0.280. The predicted octanol–water partition coefficient (Wildman–Crippen LogP) is 6.53. The number of carbonyl (C=O) groups is 1. The van der Waals surface area contributed by atoms with E-state index in [1.54, 1.807) is 36.0 Å². The molecule has 1 heterocycles. The van der Waals surface area contributed by atoms with Gasteiger partial charge >= 0.3 is 12.4 Å². The van der Waals surface area contributed by atoms with Crippen molar-refractivity contribution in [3.05, 3.63) is 82.9 Å². The molecule has 1 unspecified atom stereocenters. The number of halogens is 6. The highest BCUT2D eigenvalue weighted by Crippen LogP contribution is 2.50. The molecule has 0 spiro atoms. The van der Waals surface area contributed by atoms with E-state index in [-0.39, 0.29) is 11.6 Å². The molecule has 36 heavy (non-hydrogen) atoms. The first-order valence-electron chi connectivity index (χ1n) is 10.8. The molecular formula is C25H20F6N2O2S. The Kier molecular flexibility index (Phi) is 6.96. The lowest BCUT2D eigenvalue weighted by atomic mass is 9.84. The summed E-state index contributed by atoms with van der Waals surface area (Å²) in [5.74, 6) is 0.385. The summed E-state index contributed by atoms with van der Waals surface area (Å²) in [4.78, 5) is 17.6. The van der Waals surface area contributed by atoms with Crippen molar-refractivity contribution < 1.29 is 36.0 Å². The van der Waals surface area contributed by atoms with Crippen molar-refractivity contribution in [2.45, 2.75) is 24.4 Å². The molecule has 1 amide bonds. The smallest absolute Gasteiger partial charge is 0.374 e. The van der Waals surface area contributed by atoms with Crippen LogP contribution in [0.15, 0.2) is 65.8 Å². The molecule has 0 radical (unpaired) electrons. The van der Waals surface area contributed by atoms with Crippen molar-refractivity contribution in [2.24, 2.45) is 5.16 Å². The van der Waals surface area contributed by atoms with Gasteiger partial charge in [0.1, 0.15) is 0 Å². The monoisotopic (exact) mass is 526 g/mol. The first-order chi connectivity index (χ1) is 17.0. The van der Waals surface area contributed by atoms with Crippen LogP contribution in [0.5, 0.6) is 0 Å². The van der Waals surface area contributed by atoms with Crippen molar-refractivity contribution in [1.82, 2.24) is 5.32 Å². The third kappa shape index (κ3) is 4.76. The van der Waals surface area contributed by atoms with Crippen LogP contribution >= 0.6 is 11.8 Å². The number of benzene rings is 3. The summed E-state index contributed by atoms with van der Waals surface area (Å²) >= 11 is 1.57. The summed E-state index contributed by atoms with van der Waals surface area (Å²) < 4.78 is 82.6. The molecule has 1 N–H and O–H groups in total. The Balaban J connectivity index is 1.74. The maximum Gasteiger partial charge on any atom is 0.435 e. The molecule has 0 saturated carbocycles. The van der Waals surface area contributed by atoms with Crippen molar-refractivity contribution in [1.29, 1.82) is 0 Å². The van der Waals surface area contributed by atoms with E-state index in [9.17, 15) is 31.1 Å². The fourth-order valence-corrected chi connectivity index (χ4v) is 4.41. The summed E-state index contributed by atoms with van der Waals surface area (Å²) in [5, 5.41) is 7.46. The zero-order valence-electron chi connectivity index (χ0n) is 18.8. The van der Waals surface area contributed by atoms with Crippen LogP contribution in [0.4, 0.5) is 26.3 Å². The summed E-state index contributed by atoms with van der Waals surface area (Å²) in [7, 11) is 0. The van der Waals surface area contributed by atoms with E-state index in [2.05, 4.69) is 10.5 Å². The maximum atomic E-state index is 14.3. The second-order valence-corrected chi connectivity index (χ2v) is 9.15. The Morgan fingerprint density at radius 2 is 1.75 bits per heavy atom. The molecule has 0 fully saturated rings. The second-order valence-electron chi connectivity index (χ2n) is 8.16. The van der Waals surface area contributed by atoms with E-state index in [0.29, 0.717) is 46.3 Å². The predicted molar refractivity (Wildman–Crippen MR) is 126 cm³/mol. The van der Waals surface area contributed by atoms with Crippen LogP contribution in [0.1, 0.15) is 33.5 Å². The summed E-state index contributed by atoms with van der Waals surface area (Å²) in [6.07, 6.45) is -8.81. The lowest BCUT2D eigenvalue weighted by Gasteiger charge is -2.30. The Bertz CT molecular complexity index is 1320. The van der Waals surface area contributed by atoms with Gasteiger partial charge in [0.2, 0.25) is 0 Å². The van der Waals surface area contributed by atoms with Gasteiger partial charge in [0.25, 0.3) is 11.5 Å². The van der Waals surface area contributed by atoms with Crippen molar-refractivity contribution in [3.63, 3.8) is 0 Å². The first-order valence-corrected chi connectivity index (χ1v) is 12.2. The third-order valence-electron chi connectivity index (χ3n) is 5.91. The topological polar surface area (TPSA) is 50.7 Å². The molecule has 0 aliphatic carbocycles. The molecule has 1 aliphatic heterocycles. The quantitative estimate of drug-likeness (QED) is 0.293. The van der Waals surface area contributed by atoms with Gasteiger partial charge in [-0.1, -0.05) is 47.6 Å². The molecule has 1 atom stereocenters. The van der Waals surface area contributed by atoms with E-state index >= 15 is 0 Å². The van der Waals surface area contributed by atoms with Crippen molar-refractivity contribution in [2.75, 3.05) is 18.6 Å². The number of amides is 1. The number of alkyl halides is 6. The minimum absolute atomic E-state index is 0.0877. The Labute approximate surface area is 206 Å². The molecule has 3 aromatic rings. The normalized spacial score (nSPS) is 18.1. The van der Waals surface area contributed by atoms with Gasteiger partial charge in [-0.2, -0.15) is 38.1 Å². The largest absolute Gasteiger partial charge is 0.435 e. The summed E-state index contributed by atoms with van der Waals surface area (Å²) in [5.41, 5.74) is -4.45. The zero-order chi connectivity index (χ0) is 26.1. The highest BCUT2D eigenvalue weighted by molar-refractivity contribution is 7.98. The molecular weight excluding hydrogens is 506 g/mol. The minimum Gasteiger partial charge on any atom is -0.374 e. The minimum atomic E-state index is -5.06. The Morgan fingerprint density at radius 3 is 2.42 bits per heavy atom. The number of nitrogens with one attached hydrogen (secondary N) is 1. The van der Waals surface area contributed by atoms with Crippen LogP contribution in [-0.4, -0.2) is 36.3 Å². The number of hydrogen-bond donors (Lipinski definition) is 1. The average Bonchev–Trinajstić information content (AvgIpc) is 3.30. The zero-order valence-corrected chi connectivity index (χ0v) is 19.7. The van der Waals surface area contributed by atoms with Crippen LogP contribution in [0.2, 0.25) is 0 Å². The molecule has 0 saturated heterocycles. The average molecular weight is 527 g/mol. The molecule has 4 rings (SSSR count). The third-order valence-corrected chi connectivity index (χ3v) is 6.53. The fourth-order valence-electron chi connectivity index (χ4n) is 4.11. The summed E-state index contributed by atoms with van der Waals surface area (Å²) in [6, 6.07) is 12.6. The Morgan fingerprint density at radius 1 is 1.03 bits per heavy atom. The van der Waals surface area contributed by atoms with E-state index in [1.165, 1.54) is 12.1 Å². The maximum absolute atomic E-state index is 14.3. The molecule has 3 aromatic carbocycles. The highest BCUT2D eigenvalue weighted by Gasteiger charge is 2.62. The number of oxime groups is 1. The SMILES string of the molecule is CSCCNC(=O)c1ccc(C2=NOC(c3cccc(C(F)(F)F)c3)(C(F)(F)F)C2)c2ccccc12. The molecule has 0 bridgehead atoms. The lowest BCUT2D eigenvalue weighted by molar-refractivity contribution is -0.276. The van der Waals surface area contributed by atoms with Gasteiger partial charge in [-0.25, -0.2) is 0 Å². The van der Waals surface area contributed by atoms with Crippen LogP contribution in [0, 0.1) is 0 Å². The van der Waals surface area contributed by atoms with Gasteiger partial charge in [0, 0.05) is 35.4 Å². The van der Waals surface area contributed by atoms with Gasteiger partial charge in [-0.15, -0.1) is 0 Å². The van der Waals surface area contributed by atoms with Gasteiger partial charge in [0.05, 0.1) is 11.3 Å². The Hall–Kier alpha value is -3.21. The molecule has 4 nitrogen and oxygen atoms in total. The molecule has 11 heteroatoms. The van der Waals surface area contributed by atoms with E-state index in [0.717, 1.165) is 12.1 Å². The van der Waals surface area contributed by atoms with Gasteiger partial charge < -0.3 is 10.2 Å². The van der Waals surface area contributed by atoms with Gasteiger partial charge in [0.15, 0.2) is 0 Å². The highest BCUT2D eigenvalue weighted by atomic mass is 32.2. The van der Waals surface area contributed by atoms with Crippen molar-refractivity contribution in [3.8, 4) is 0 Å². The van der Waals surface area contributed by atoms with Crippen LogP contribution in [-0.2, 0) is 16.6 Å². The number of fused-ring (bicyclic) bond motifs is 1. The van der Waals surface area contributed by atoms with Crippen LogP contribution < -0.4 is 5.32 Å². The van der Waals surface area contributed by atoms with Gasteiger partial charge in [-0.05, 0) is 35.2 Å². The standard InChI is InChI=1S/C25H20F6N2O2S/c1-36-12-11-32-22(34)20-10-9-19(17-7-2-3-8-18(17)20)21-14-23(35-33-21,25(29,30)31)15-5-4-6-16(13-15)24(26,27)28/h2-10,13H,11-12,14H2,1H3,(H,32,34). The number of rotatable bonds is 6. The number of nitrogens with zero attached hydrogens (tertiary/aromatic N) is 1. The number of carbonyl (C=O) groups excluding carboxylic acids is 1. The summed E-state index contributed by atoms with van der Waals surface area (Å²) in [6.45, 7) is 0.446. The number of hydrogen-bond acceptors (Lipinski definition) is 4. The van der Waals surface area contributed by atoms with Crippen LogP contribution in [0.25, 0.3) is 10.8 Å². The molecule has 0 aromatic heterocycles. The van der Waals surface area contributed by atoms with E-state index < -0.39 is 35.5 Å². The molecule has 190 valence electrons. The second kappa shape index (κ2) is 9.68. The van der Waals surface area contributed by atoms with Crippen LogP contribution in [0.3, 0.4) is 0 Å².